The van der Waals surface area contributed by atoms with Gasteiger partial charge in [-0.2, -0.15) is 0 Å². The van der Waals surface area contributed by atoms with Crippen LogP contribution in [0, 0.1) is 11.7 Å². The Bertz CT molecular complexity index is 1340. The summed E-state index contributed by atoms with van der Waals surface area (Å²) in [6, 6.07) is 8.64. The number of halogens is 1. The van der Waals surface area contributed by atoms with Gasteiger partial charge in [-0.25, -0.2) is 4.39 Å². The van der Waals surface area contributed by atoms with E-state index in [0.717, 1.165) is 37.4 Å². The molecule has 1 amide bonds. The number of epoxide rings is 1. The number of nitrogens with zero attached hydrogens (tertiary/aromatic N) is 2. The third kappa shape index (κ3) is 2.10. The molecule has 0 radical (unpaired) electrons. The number of aromatic hydroxyl groups is 1. The molecule has 4 aliphatic heterocycles. The van der Waals surface area contributed by atoms with Crippen molar-refractivity contribution < 1.29 is 23.8 Å². The van der Waals surface area contributed by atoms with E-state index in [1.54, 1.807) is 18.2 Å². The summed E-state index contributed by atoms with van der Waals surface area (Å²) in [4.78, 5) is 18.0. The molecular formula is C28H27FN2O4. The van der Waals surface area contributed by atoms with Gasteiger partial charge in [0.25, 0.3) is 5.91 Å². The number of carbonyl (C=O) groups is 1. The van der Waals surface area contributed by atoms with Gasteiger partial charge in [-0.3, -0.25) is 9.69 Å². The van der Waals surface area contributed by atoms with Crippen molar-refractivity contribution in [1.82, 2.24) is 9.80 Å². The molecule has 7 aliphatic rings. The van der Waals surface area contributed by atoms with Crippen molar-refractivity contribution in [3.63, 3.8) is 0 Å². The number of hydrogen-bond donors (Lipinski definition) is 1. The van der Waals surface area contributed by atoms with Crippen LogP contribution in [0.3, 0.4) is 0 Å². The maximum Gasteiger partial charge on any atom is 0.254 e. The number of phenolic OH excluding ortho intramolecular Hbond substituents is 1. The summed E-state index contributed by atoms with van der Waals surface area (Å²) in [7, 11) is 0. The van der Waals surface area contributed by atoms with Crippen molar-refractivity contribution in [1.29, 1.82) is 0 Å². The highest BCUT2D eigenvalue weighted by Gasteiger charge is 2.85. The number of ether oxygens (including phenoxy) is 2. The molecule has 180 valence electrons. The Morgan fingerprint density at radius 1 is 1.20 bits per heavy atom. The molecule has 3 aliphatic carbocycles. The fourth-order valence-corrected chi connectivity index (χ4v) is 8.76. The zero-order chi connectivity index (χ0) is 23.3. The van der Waals surface area contributed by atoms with Crippen LogP contribution >= 0.6 is 0 Å². The lowest BCUT2D eigenvalue weighted by molar-refractivity contribution is -0.0755. The molecule has 9 rings (SSSR count). The first-order valence-electron chi connectivity index (χ1n) is 13.0. The third-order valence-corrected chi connectivity index (χ3v) is 10.3. The molecule has 4 fully saturated rings. The first-order chi connectivity index (χ1) is 17.0. The maximum absolute atomic E-state index is 14.6. The Kier molecular flexibility index (Phi) is 3.35. The minimum absolute atomic E-state index is 0.0437. The normalized spacial score (nSPS) is 39.7. The Morgan fingerprint density at radius 2 is 2.09 bits per heavy atom. The average molecular weight is 475 g/mol. The minimum Gasteiger partial charge on any atom is -0.504 e. The lowest BCUT2D eigenvalue weighted by atomic mass is 9.50. The van der Waals surface area contributed by atoms with E-state index in [1.807, 2.05) is 4.90 Å². The Labute approximate surface area is 202 Å². The van der Waals surface area contributed by atoms with Crippen LogP contribution in [0.5, 0.6) is 11.5 Å². The largest absolute Gasteiger partial charge is 0.504 e. The SMILES string of the molecule is O=C1c2cccc(F)c2CN1[C@@H]1CC2O[C@@]23[C@H]2Cc4ccc(O)c5c4[C@@]3(CCN2CC2CC2)[C@H]1O5. The fourth-order valence-electron chi connectivity index (χ4n) is 8.76. The summed E-state index contributed by atoms with van der Waals surface area (Å²) in [5.74, 6) is 1.09. The van der Waals surface area contributed by atoms with Crippen molar-refractivity contribution in [2.45, 2.75) is 74.0 Å². The number of likely N-dealkylation sites (tertiary alicyclic amines) is 1. The molecule has 4 heterocycles. The van der Waals surface area contributed by atoms with E-state index in [9.17, 15) is 14.3 Å². The molecule has 2 aromatic carbocycles. The lowest BCUT2D eigenvalue weighted by Gasteiger charge is -2.58. The van der Waals surface area contributed by atoms with Gasteiger partial charge in [-0.05, 0) is 61.9 Å². The van der Waals surface area contributed by atoms with E-state index in [-0.39, 0.29) is 53.3 Å². The smallest absolute Gasteiger partial charge is 0.254 e. The number of rotatable bonds is 3. The summed E-state index contributed by atoms with van der Waals surface area (Å²) in [5, 5.41) is 10.9. The summed E-state index contributed by atoms with van der Waals surface area (Å²) in [6.07, 6.45) is 4.86. The molecule has 2 spiro atoms. The quantitative estimate of drug-likeness (QED) is 0.693. The highest BCUT2D eigenvalue weighted by Crippen LogP contribution is 2.73. The van der Waals surface area contributed by atoms with E-state index in [4.69, 9.17) is 9.47 Å². The van der Waals surface area contributed by atoms with E-state index >= 15 is 0 Å². The molecule has 6 nitrogen and oxygen atoms in total. The summed E-state index contributed by atoms with van der Waals surface area (Å²) in [6.45, 7) is 2.36. The molecule has 2 aromatic rings. The second-order valence-electron chi connectivity index (χ2n) is 11.8. The van der Waals surface area contributed by atoms with Gasteiger partial charge in [0.05, 0.1) is 24.1 Å². The van der Waals surface area contributed by atoms with Crippen molar-refractivity contribution in [2.75, 3.05) is 13.1 Å². The maximum atomic E-state index is 14.6. The summed E-state index contributed by atoms with van der Waals surface area (Å²) < 4.78 is 28.1. The molecule has 35 heavy (non-hydrogen) atoms. The molecular weight excluding hydrogens is 447 g/mol. The van der Waals surface area contributed by atoms with Gasteiger partial charge in [-0.15, -0.1) is 0 Å². The third-order valence-electron chi connectivity index (χ3n) is 10.3. The number of hydrogen-bond acceptors (Lipinski definition) is 5. The fraction of sp³-hybridized carbons (Fsp3) is 0.536. The number of phenols is 1. The molecule has 1 unspecified atom stereocenters. The first-order valence-corrected chi connectivity index (χ1v) is 13.0. The molecule has 2 saturated carbocycles. The number of fused-ring (bicyclic) bond motifs is 1. The van der Waals surface area contributed by atoms with Crippen LogP contribution in [0.25, 0.3) is 0 Å². The molecule has 2 bridgehead atoms. The Hall–Kier alpha value is -2.64. The summed E-state index contributed by atoms with van der Waals surface area (Å²) in [5.41, 5.74) is 2.58. The predicted octanol–water partition coefficient (Wildman–Crippen LogP) is 3.14. The zero-order valence-corrected chi connectivity index (χ0v) is 19.4. The molecule has 2 saturated heterocycles. The number of piperidine rings is 1. The van der Waals surface area contributed by atoms with Gasteiger partial charge in [0.15, 0.2) is 11.5 Å². The molecule has 6 atom stereocenters. The van der Waals surface area contributed by atoms with Crippen molar-refractivity contribution in [2.24, 2.45) is 5.92 Å². The van der Waals surface area contributed by atoms with E-state index in [2.05, 4.69) is 11.0 Å². The second-order valence-corrected chi connectivity index (χ2v) is 11.8. The predicted molar refractivity (Wildman–Crippen MR) is 123 cm³/mol. The standard InChI is InChI=1S/C28H27FN2O4/c29-18-3-1-2-16-17(18)13-31(26(16)33)19-11-22-28(35-22)21-10-15-6-7-20(32)24-23(15)27(28,25(19)34-24)8-9-30(21)12-14-4-5-14/h1-3,6-7,14,19,21-22,25,32H,4-5,8-13H2/t19-,21-,22?,25+,27+,28+/m1/s1. The number of amides is 1. The van der Waals surface area contributed by atoms with Crippen molar-refractivity contribution in [3.05, 3.63) is 58.4 Å². The minimum atomic E-state index is -0.388. The zero-order valence-electron chi connectivity index (χ0n) is 19.4. The van der Waals surface area contributed by atoms with Crippen molar-refractivity contribution >= 4 is 5.91 Å². The van der Waals surface area contributed by atoms with Crippen LogP contribution in [0.15, 0.2) is 30.3 Å². The molecule has 7 heteroatoms. The van der Waals surface area contributed by atoms with Crippen LogP contribution < -0.4 is 4.74 Å². The van der Waals surface area contributed by atoms with Crippen LogP contribution in [0.1, 0.15) is 52.7 Å². The number of benzene rings is 2. The second kappa shape index (κ2) is 6.01. The average Bonchev–Trinajstić information content (AvgIpc) is 3.74. The highest BCUT2D eigenvalue weighted by molar-refractivity contribution is 5.98. The molecule has 1 N–H and O–H groups in total. The van der Waals surface area contributed by atoms with Gasteiger partial charge >= 0.3 is 0 Å². The van der Waals surface area contributed by atoms with Gasteiger partial charge in [0.2, 0.25) is 0 Å². The Morgan fingerprint density at radius 3 is 2.91 bits per heavy atom. The summed E-state index contributed by atoms with van der Waals surface area (Å²) >= 11 is 0. The van der Waals surface area contributed by atoms with Gasteiger partial charge in [0.1, 0.15) is 17.5 Å². The monoisotopic (exact) mass is 474 g/mol. The van der Waals surface area contributed by atoms with Crippen LogP contribution in [0.4, 0.5) is 4.39 Å². The van der Waals surface area contributed by atoms with Gasteiger partial charge < -0.3 is 19.5 Å². The van der Waals surface area contributed by atoms with E-state index < -0.39 is 0 Å². The van der Waals surface area contributed by atoms with Gasteiger partial charge in [0, 0.05) is 35.7 Å². The van der Waals surface area contributed by atoms with Gasteiger partial charge in [-0.1, -0.05) is 12.1 Å². The Balaban J connectivity index is 1.19. The van der Waals surface area contributed by atoms with E-state index in [0.29, 0.717) is 29.3 Å². The van der Waals surface area contributed by atoms with Crippen LogP contribution in [-0.2, 0) is 23.1 Å². The first kappa shape index (κ1) is 19.5. The number of carbonyl (C=O) groups excluding carboxylic acids is 1. The van der Waals surface area contributed by atoms with E-state index in [1.165, 1.54) is 24.5 Å². The topological polar surface area (TPSA) is 65.5 Å². The highest BCUT2D eigenvalue weighted by atomic mass is 19.1. The lowest BCUT2D eigenvalue weighted by Crippen LogP contribution is -2.74. The molecule has 0 aromatic heterocycles. The van der Waals surface area contributed by atoms with Crippen molar-refractivity contribution in [3.8, 4) is 11.5 Å². The van der Waals surface area contributed by atoms with Crippen LogP contribution in [0.2, 0.25) is 0 Å². The van der Waals surface area contributed by atoms with Crippen LogP contribution in [-0.4, -0.2) is 63.8 Å².